The summed E-state index contributed by atoms with van der Waals surface area (Å²) in [7, 11) is 0. The molecule has 0 unspecified atom stereocenters. The molecule has 7 nitrogen and oxygen atoms in total. The summed E-state index contributed by atoms with van der Waals surface area (Å²) in [5.41, 5.74) is 13.8. The van der Waals surface area contributed by atoms with Crippen LogP contribution in [-0.4, -0.2) is 58.5 Å². The summed E-state index contributed by atoms with van der Waals surface area (Å²) in [4.78, 5) is 28.0. The van der Waals surface area contributed by atoms with E-state index in [2.05, 4.69) is 11.5 Å². The normalized spacial score (nSPS) is 8.80. The third-order valence-corrected chi connectivity index (χ3v) is 0.390. The van der Waals surface area contributed by atoms with Gasteiger partial charge in [0.25, 0.3) is 0 Å². The first-order valence-electron chi connectivity index (χ1n) is 3.61. The number of aliphatic carboxylic acids is 1. The van der Waals surface area contributed by atoms with E-state index in [-0.39, 0.29) is 41.4 Å². The van der Waals surface area contributed by atoms with Gasteiger partial charge in [-0.1, -0.05) is 0 Å². The molecule has 0 saturated carbocycles. The number of hydrogen-bond acceptors (Lipinski definition) is 4. The predicted octanol–water partition coefficient (Wildman–Crippen LogP) is -2.25. The van der Waals surface area contributed by atoms with Crippen molar-refractivity contribution >= 4 is 47.3 Å². The number of amides is 2. The first kappa shape index (κ1) is 23.9. The van der Waals surface area contributed by atoms with Crippen LogP contribution < -0.4 is 17.2 Å². The maximum absolute atomic E-state index is 9.57. The summed E-state index contributed by atoms with van der Waals surface area (Å²) in [5, 5.41) is 7.87. The molecule has 0 bridgehead atoms. The second kappa shape index (κ2) is 15.8. The number of primary amides is 2. The fraction of sp³-hybridized carbons (Fsp3) is 0.571. The number of hydrogen-bond donors (Lipinski definition) is 4. The van der Waals surface area contributed by atoms with Gasteiger partial charge in [0.2, 0.25) is 11.8 Å². The summed E-state index contributed by atoms with van der Waals surface area (Å²) in [6, 6.07) is -0.731. The van der Waals surface area contributed by atoms with Gasteiger partial charge in [-0.25, -0.2) is 0 Å². The number of carboxylic acid groups (broad SMARTS) is 1. The quantitative estimate of drug-likeness (QED) is 0.376. The summed E-state index contributed by atoms with van der Waals surface area (Å²) in [5.74, 6) is -1.63. The number of nitrogens with two attached hydrogens (primary N) is 3. The molecule has 0 aliphatic heterocycles. The molecule has 0 radical (unpaired) electrons. The average molecular weight is 231 g/mol. The Morgan fingerprint density at radius 1 is 1.07 bits per heavy atom. The first-order chi connectivity index (χ1) is 6.11. The van der Waals surface area contributed by atoms with Crippen molar-refractivity contribution in [2.45, 2.75) is 26.8 Å². The predicted molar refractivity (Wildman–Crippen MR) is 58.2 cm³/mol. The molecular formula is C7H18N3NaO4. The van der Waals surface area contributed by atoms with Gasteiger partial charge in [-0.2, -0.15) is 0 Å². The molecule has 0 fully saturated rings. The fourth-order valence-corrected chi connectivity index (χ4v) is 0. The summed E-state index contributed by atoms with van der Waals surface area (Å²) < 4.78 is 0. The van der Waals surface area contributed by atoms with Crippen LogP contribution in [-0.2, 0) is 14.4 Å². The van der Waals surface area contributed by atoms with Crippen molar-refractivity contribution in [1.82, 2.24) is 0 Å². The molecule has 86 valence electrons. The Hall–Kier alpha value is -0.630. The number of carboxylic acids is 1. The van der Waals surface area contributed by atoms with Gasteiger partial charge in [0.15, 0.2) is 0 Å². The monoisotopic (exact) mass is 231 g/mol. The Morgan fingerprint density at radius 3 is 1.13 bits per heavy atom. The Labute approximate surface area is 111 Å². The van der Waals surface area contributed by atoms with E-state index >= 15 is 0 Å². The molecule has 0 aromatic rings. The van der Waals surface area contributed by atoms with E-state index in [0.29, 0.717) is 0 Å². The molecule has 0 aromatic carbocycles. The zero-order chi connectivity index (χ0) is 12.3. The Morgan fingerprint density at radius 2 is 1.13 bits per heavy atom. The first-order valence-corrected chi connectivity index (χ1v) is 3.61. The van der Waals surface area contributed by atoms with E-state index in [0.717, 1.165) is 0 Å². The van der Waals surface area contributed by atoms with Gasteiger partial charge in [-0.3, -0.25) is 14.4 Å². The zero-order valence-corrected chi connectivity index (χ0v) is 8.48. The van der Waals surface area contributed by atoms with Gasteiger partial charge in [0.1, 0.15) is 6.04 Å². The van der Waals surface area contributed by atoms with Crippen LogP contribution in [0.2, 0.25) is 0 Å². The van der Waals surface area contributed by atoms with Gasteiger partial charge >= 0.3 is 35.5 Å². The van der Waals surface area contributed by atoms with Crippen LogP contribution in [0.5, 0.6) is 0 Å². The average Bonchev–Trinajstić information content (AvgIpc) is 1.83. The van der Waals surface area contributed by atoms with Gasteiger partial charge < -0.3 is 22.3 Å². The van der Waals surface area contributed by atoms with Gasteiger partial charge in [0.05, 0.1) is 0 Å². The third kappa shape index (κ3) is 152. The van der Waals surface area contributed by atoms with Crippen LogP contribution in [0.25, 0.3) is 0 Å². The van der Waals surface area contributed by atoms with Crippen LogP contribution in [0.3, 0.4) is 0 Å². The molecule has 0 aromatic heterocycles. The number of rotatable bonds is 1. The molecule has 0 aliphatic rings. The minimum atomic E-state index is -0.963. The molecule has 2 amide bonds. The summed E-state index contributed by atoms with van der Waals surface area (Å²) in [6.45, 7) is 4.03. The molecule has 0 spiro atoms. The van der Waals surface area contributed by atoms with E-state index in [9.17, 15) is 14.4 Å². The van der Waals surface area contributed by atoms with Crippen molar-refractivity contribution in [2.75, 3.05) is 0 Å². The fourth-order valence-electron chi connectivity index (χ4n) is 0. The van der Waals surface area contributed by atoms with Crippen molar-refractivity contribution < 1.29 is 19.5 Å². The van der Waals surface area contributed by atoms with E-state index in [1.807, 2.05) is 0 Å². The molecule has 15 heavy (non-hydrogen) atoms. The third-order valence-electron chi connectivity index (χ3n) is 0.390. The molecule has 0 heterocycles. The molecule has 0 aliphatic carbocycles. The van der Waals surface area contributed by atoms with Crippen molar-refractivity contribution in [3.63, 3.8) is 0 Å². The van der Waals surface area contributed by atoms with E-state index in [4.69, 9.17) is 10.8 Å². The molecule has 7 N–H and O–H groups in total. The Bertz CT molecular complexity index is 177. The standard InChI is InChI=1S/C3H7NO2.2C2H5NO.Na.H/c1-2(4)3(5)6;2*1-2(3)4;;/h2H,4H2,1H3,(H,5,6);2*1H3,(H2,3,4);;/t2-;;;;/m0..../s1. The maximum atomic E-state index is 9.57. The van der Waals surface area contributed by atoms with Gasteiger partial charge in [-0.05, 0) is 6.92 Å². The van der Waals surface area contributed by atoms with Gasteiger partial charge in [-0.15, -0.1) is 0 Å². The number of carbonyl (C=O) groups excluding carboxylic acids is 2. The molecule has 0 saturated heterocycles. The Balaban J connectivity index is -0.0000000606. The summed E-state index contributed by atoms with van der Waals surface area (Å²) in [6.07, 6.45) is 0. The van der Waals surface area contributed by atoms with Crippen LogP contribution in [0, 0.1) is 0 Å². The van der Waals surface area contributed by atoms with Crippen LogP contribution in [0.1, 0.15) is 20.8 Å². The van der Waals surface area contributed by atoms with Crippen LogP contribution in [0.15, 0.2) is 0 Å². The molecule has 8 heteroatoms. The second-order valence-electron chi connectivity index (χ2n) is 2.35. The van der Waals surface area contributed by atoms with E-state index in [1.54, 1.807) is 0 Å². The van der Waals surface area contributed by atoms with Crippen LogP contribution in [0.4, 0.5) is 0 Å². The van der Waals surface area contributed by atoms with E-state index < -0.39 is 12.0 Å². The summed E-state index contributed by atoms with van der Waals surface area (Å²) >= 11 is 0. The minimum absolute atomic E-state index is 0. The topological polar surface area (TPSA) is 150 Å². The molecule has 0 rings (SSSR count). The zero-order valence-electron chi connectivity index (χ0n) is 8.48. The van der Waals surface area contributed by atoms with Crippen molar-refractivity contribution in [3.05, 3.63) is 0 Å². The van der Waals surface area contributed by atoms with Crippen molar-refractivity contribution in [3.8, 4) is 0 Å². The molecule has 1 atom stereocenters. The Kier molecular flexibility index (Phi) is 25.2. The van der Waals surface area contributed by atoms with Crippen molar-refractivity contribution in [1.29, 1.82) is 0 Å². The van der Waals surface area contributed by atoms with E-state index in [1.165, 1.54) is 20.8 Å². The van der Waals surface area contributed by atoms with Gasteiger partial charge in [0, 0.05) is 13.8 Å². The van der Waals surface area contributed by atoms with Crippen LogP contribution >= 0.6 is 0 Å². The second-order valence-corrected chi connectivity index (χ2v) is 2.35. The van der Waals surface area contributed by atoms with Crippen molar-refractivity contribution in [2.24, 2.45) is 17.2 Å². The number of carbonyl (C=O) groups is 3. The molecular weight excluding hydrogens is 213 g/mol. The SMILES string of the molecule is CC(N)=O.CC(N)=O.C[C@H](N)C(=O)O.[NaH].